The Labute approximate surface area is 175 Å². The molecule has 0 bridgehead atoms. The second-order valence-electron chi connectivity index (χ2n) is 8.22. The summed E-state index contributed by atoms with van der Waals surface area (Å²) in [5.41, 5.74) is 7.19. The number of H-pyrrole nitrogens is 1. The van der Waals surface area contributed by atoms with Gasteiger partial charge >= 0.3 is 0 Å². The third kappa shape index (κ3) is 3.22. The Kier molecular flexibility index (Phi) is 4.70. The van der Waals surface area contributed by atoms with Crippen molar-refractivity contribution in [1.82, 2.24) is 9.97 Å². The summed E-state index contributed by atoms with van der Waals surface area (Å²) in [4.78, 5) is 7.94. The fourth-order valence-corrected chi connectivity index (χ4v) is 4.61. The van der Waals surface area contributed by atoms with E-state index in [0.717, 1.165) is 57.4 Å². The highest BCUT2D eigenvalue weighted by atomic mass is 19.1. The van der Waals surface area contributed by atoms with E-state index in [2.05, 4.69) is 34.2 Å². The summed E-state index contributed by atoms with van der Waals surface area (Å²) in [6.45, 7) is 1.77. The van der Waals surface area contributed by atoms with Crippen LogP contribution in [0.15, 0.2) is 60.9 Å². The molecule has 0 spiro atoms. The second kappa shape index (κ2) is 7.52. The number of nitrogens with one attached hydrogen (secondary N) is 2. The van der Waals surface area contributed by atoms with Gasteiger partial charge < -0.3 is 10.4 Å². The summed E-state index contributed by atoms with van der Waals surface area (Å²) >= 11 is 0. The molecule has 0 saturated heterocycles. The van der Waals surface area contributed by atoms with Crippen molar-refractivity contribution in [2.45, 2.75) is 32.6 Å². The van der Waals surface area contributed by atoms with Gasteiger partial charge in [-0.25, -0.2) is 4.39 Å². The van der Waals surface area contributed by atoms with Crippen LogP contribution in [-0.4, -0.2) is 15.7 Å². The van der Waals surface area contributed by atoms with E-state index in [1.54, 1.807) is 19.2 Å². The van der Waals surface area contributed by atoms with Crippen LogP contribution in [0.2, 0.25) is 0 Å². The SMILES string of the molecule is Cc1cc(-c2ncccc2-c2ccc3[nH]cc(C(=N)C4CCCC4)c3c2)ccc1F. The molecule has 1 saturated carbocycles. The zero-order valence-electron chi connectivity index (χ0n) is 17.0. The molecular formula is C26H24FN3. The summed E-state index contributed by atoms with van der Waals surface area (Å²) in [7, 11) is 0. The smallest absolute Gasteiger partial charge is 0.126 e. The van der Waals surface area contributed by atoms with Crippen molar-refractivity contribution in [2.24, 2.45) is 5.92 Å². The molecule has 0 radical (unpaired) electrons. The van der Waals surface area contributed by atoms with E-state index < -0.39 is 0 Å². The van der Waals surface area contributed by atoms with E-state index in [0.29, 0.717) is 11.5 Å². The molecule has 0 aliphatic heterocycles. The number of nitrogens with zero attached hydrogens (tertiary/aromatic N) is 1. The van der Waals surface area contributed by atoms with Gasteiger partial charge in [0.2, 0.25) is 0 Å². The zero-order chi connectivity index (χ0) is 20.7. The maximum Gasteiger partial charge on any atom is 0.126 e. The van der Waals surface area contributed by atoms with Gasteiger partial charge in [-0.15, -0.1) is 0 Å². The Morgan fingerprint density at radius 2 is 1.87 bits per heavy atom. The quantitative estimate of drug-likeness (QED) is 0.361. The van der Waals surface area contributed by atoms with Crippen LogP contribution in [0.5, 0.6) is 0 Å². The molecule has 4 aromatic rings. The Bertz CT molecular complexity index is 1250. The Morgan fingerprint density at radius 3 is 2.67 bits per heavy atom. The lowest BCUT2D eigenvalue weighted by Gasteiger charge is -2.12. The van der Waals surface area contributed by atoms with Gasteiger partial charge in [0, 0.05) is 51.6 Å². The first-order valence-corrected chi connectivity index (χ1v) is 10.5. The molecule has 1 fully saturated rings. The third-order valence-corrected chi connectivity index (χ3v) is 6.29. The molecule has 2 aromatic heterocycles. The van der Waals surface area contributed by atoms with Gasteiger partial charge in [0.25, 0.3) is 0 Å². The summed E-state index contributed by atoms with van der Waals surface area (Å²) in [6.07, 6.45) is 8.41. The van der Waals surface area contributed by atoms with Crippen LogP contribution in [0.3, 0.4) is 0 Å². The molecule has 1 aliphatic rings. The van der Waals surface area contributed by atoms with Crippen LogP contribution in [0.1, 0.15) is 36.8 Å². The summed E-state index contributed by atoms with van der Waals surface area (Å²) in [5, 5.41) is 9.83. The number of rotatable bonds is 4. The van der Waals surface area contributed by atoms with Crippen molar-refractivity contribution in [3.05, 3.63) is 77.9 Å². The van der Waals surface area contributed by atoms with Crippen molar-refractivity contribution in [3.8, 4) is 22.4 Å². The van der Waals surface area contributed by atoms with Gasteiger partial charge in [0.05, 0.1) is 5.69 Å². The first-order valence-electron chi connectivity index (χ1n) is 10.5. The summed E-state index contributed by atoms with van der Waals surface area (Å²) < 4.78 is 13.8. The molecular weight excluding hydrogens is 373 g/mol. The molecule has 3 nitrogen and oxygen atoms in total. The third-order valence-electron chi connectivity index (χ3n) is 6.29. The molecule has 2 aromatic carbocycles. The first kappa shape index (κ1) is 18.7. The molecule has 0 atom stereocenters. The monoisotopic (exact) mass is 397 g/mol. The van der Waals surface area contributed by atoms with E-state index in [4.69, 9.17) is 5.41 Å². The molecule has 1 aliphatic carbocycles. The predicted molar refractivity (Wildman–Crippen MR) is 120 cm³/mol. The molecule has 0 unspecified atom stereocenters. The molecule has 0 amide bonds. The molecule has 5 rings (SSSR count). The number of aromatic nitrogens is 2. The number of halogens is 1. The van der Waals surface area contributed by atoms with Crippen LogP contribution >= 0.6 is 0 Å². The maximum atomic E-state index is 13.8. The Morgan fingerprint density at radius 1 is 1.07 bits per heavy atom. The topological polar surface area (TPSA) is 52.5 Å². The van der Waals surface area contributed by atoms with Gasteiger partial charge in [0.15, 0.2) is 0 Å². The fraction of sp³-hybridized carbons (Fsp3) is 0.231. The van der Waals surface area contributed by atoms with Gasteiger partial charge in [-0.1, -0.05) is 25.0 Å². The normalized spacial score (nSPS) is 14.5. The predicted octanol–water partition coefficient (Wildman–Crippen LogP) is 6.90. The van der Waals surface area contributed by atoms with Crippen LogP contribution in [0, 0.1) is 24.1 Å². The van der Waals surface area contributed by atoms with Gasteiger partial charge in [-0.3, -0.25) is 4.98 Å². The minimum absolute atomic E-state index is 0.208. The Hall–Kier alpha value is -3.27. The minimum atomic E-state index is -0.208. The second-order valence-corrected chi connectivity index (χ2v) is 8.22. The van der Waals surface area contributed by atoms with Crippen LogP contribution in [-0.2, 0) is 0 Å². The lowest BCUT2D eigenvalue weighted by Crippen LogP contribution is -2.10. The van der Waals surface area contributed by atoms with E-state index in [9.17, 15) is 4.39 Å². The van der Waals surface area contributed by atoms with Crippen LogP contribution in [0.4, 0.5) is 4.39 Å². The van der Waals surface area contributed by atoms with Crippen molar-refractivity contribution in [3.63, 3.8) is 0 Å². The number of hydrogen-bond donors (Lipinski definition) is 2. The van der Waals surface area contributed by atoms with E-state index in [-0.39, 0.29) is 5.82 Å². The lowest BCUT2D eigenvalue weighted by molar-refractivity contribution is 0.619. The summed E-state index contributed by atoms with van der Waals surface area (Å²) in [6, 6.07) is 15.4. The lowest BCUT2D eigenvalue weighted by atomic mass is 9.93. The maximum absolute atomic E-state index is 13.8. The number of fused-ring (bicyclic) bond motifs is 1. The first-order chi connectivity index (χ1) is 14.6. The highest BCUT2D eigenvalue weighted by Gasteiger charge is 2.23. The van der Waals surface area contributed by atoms with Gasteiger partial charge in [-0.2, -0.15) is 0 Å². The highest BCUT2D eigenvalue weighted by Crippen LogP contribution is 2.35. The van der Waals surface area contributed by atoms with Crippen LogP contribution in [0.25, 0.3) is 33.3 Å². The van der Waals surface area contributed by atoms with Crippen molar-refractivity contribution in [2.75, 3.05) is 0 Å². The fourth-order valence-electron chi connectivity index (χ4n) is 4.61. The van der Waals surface area contributed by atoms with Gasteiger partial charge in [0.1, 0.15) is 5.82 Å². The Balaban J connectivity index is 1.61. The van der Waals surface area contributed by atoms with Crippen molar-refractivity contribution >= 4 is 16.6 Å². The zero-order valence-corrected chi connectivity index (χ0v) is 17.0. The molecule has 4 heteroatoms. The van der Waals surface area contributed by atoms with E-state index in [1.807, 2.05) is 18.3 Å². The standard InChI is InChI=1S/C26H24FN3/c1-16-13-19(8-10-23(16)27)26-20(7-4-12-29-26)18-9-11-24-21(14-18)22(15-30-24)25(28)17-5-2-3-6-17/h4,7-15,17,28,30H,2-3,5-6H2,1H3. The number of hydrogen-bond acceptors (Lipinski definition) is 2. The average Bonchev–Trinajstić information content (AvgIpc) is 3.45. The minimum Gasteiger partial charge on any atom is -0.360 e. The molecule has 2 heterocycles. The molecule has 150 valence electrons. The van der Waals surface area contributed by atoms with Crippen molar-refractivity contribution in [1.29, 1.82) is 5.41 Å². The number of aryl methyl sites for hydroxylation is 1. The highest BCUT2D eigenvalue weighted by molar-refractivity contribution is 6.11. The number of pyridine rings is 1. The van der Waals surface area contributed by atoms with Gasteiger partial charge in [-0.05, 0) is 67.3 Å². The molecule has 30 heavy (non-hydrogen) atoms. The number of benzene rings is 2. The average molecular weight is 397 g/mol. The van der Waals surface area contributed by atoms with Crippen molar-refractivity contribution < 1.29 is 4.39 Å². The van der Waals surface area contributed by atoms with E-state index in [1.165, 1.54) is 18.9 Å². The van der Waals surface area contributed by atoms with E-state index >= 15 is 0 Å². The number of aromatic amines is 1. The molecule has 2 N–H and O–H groups in total. The van der Waals surface area contributed by atoms with Crippen LogP contribution < -0.4 is 0 Å². The summed E-state index contributed by atoms with van der Waals surface area (Å²) in [5.74, 6) is 0.156. The largest absolute Gasteiger partial charge is 0.360 e.